The van der Waals surface area contributed by atoms with Crippen LogP contribution in [0.3, 0.4) is 0 Å². The fourth-order valence-electron chi connectivity index (χ4n) is 1.18. The first-order chi connectivity index (χ1) is 5.79. The molecule has 2 aromatic heterocycles. The molecule has 2 rings (SSSR count). The maximum atomic E-state index is 5.96. The number of fused-ring (bicyclic) bond motifs is 1. The number of hydrogen-bond acceptors (Lipinski definition) is 2. The second-order valence-corrected chi connectivity index (χ2v) is 2.99. The highest BCUT2D eigenvalue weighted by Crippen LogP contribution is 2.21. The van der Waals surface area contributed by atoms with Gasteiger partial charge in [0.25, 0.3) is 0 Å². The normalized spacial score (nSPS) is 10.5. The maximum absolute atomic E-state index is 5.96. The zero-order chi connectivity index (χ0) is 8.55. The summed E-state index contributed by atoms with van der Waals surface area (Å²) in [5.74, 6) is 0. The standard InChI is InChI=1S/C9H7ClN2/c1-6-9-7(2-4-11-6)8(10)3-5-12-9/h2-5H,1H3. The number of aryl methyl sites for hydroxylation is 1. The molecule has 0 aromatic carbocycles. The molecule has 0 spiro atoms. The quantitative estimate of drug-likeness (QED) is 0.620. The highest BCUT2D eigenvalue weighted by molar-refractivity contribution is 6.35. The second kappa shape index (κ2) is 2.72. The van der Waals surface area contributed by atoms with Gasteiger partial charge in [0.05, 0.1) is 16.2 Å². The molecule has 0 saturated carbocycles. The Bertz CT molecular complexity index is 385. The van der Waals surface area contributed by atoms with E-state index < -0.39 is 0 Å². The van der Waals surface area contributed by atoms with Crippen LogP contribution in [0.4, 0.5) is 0 Å². The average Bonchev–Trinajstić information content (AvgIpc) is 2.07. The molecule has 0 atom stereocenters. The summed E-state index contributed by atoms with van der Waals surface area (Å²) < 4.78 is 0. The first-order valence-electron chi connectivity index (χ1n) is 3.65. The van der Waals surface area contributed by atoms with Crippen molar-refractivity contribution in [2.24, 2.45) is 0 Å². The van der Waals surface area contributed by atoms with E-state index in [4.69, 9.17) is 11.6 Å². The Morgan fingerprint density at radius 3 is 2.67 bits per heavy atom. The fraction of sp³-hybridized carbons (Fsp3) is 0.111. The number of aromatic nitrogens is 2. The minimum Gasteiger partial charge on any atom is -0.259 e. The molecule has 0 fully saturated rings. The molecule has 0 saturated heterocycles. The minimum atomic E-state index is 0.727. The van der Waals surface area contributed by atoms with Gasteiger partial charge in [0.1, 0.15) is 0 Å². The van der Waals surface area contributed by atoms with E-state index >= 15 is 0 Å². The predicted molar refractivity (Wildman–Crippen MR) is 49.3 cm³/mol. The highest BCUT2D eigenvalue weighted by atomic mass is 35.5. The third kappa shape index (κ3) is 1.04. The summed E-state index contributed by atoms with van der Waals surface area (Å²) in [4.78, 5) is 8.32. The molecule has 60 valence electrons. The van der Waals surface area contributed by atoms with Gasteiger partial charge in [-0.3, -0.25) is 9.97 Å². The van der Waals surface area contributed by atoms with Gasteiger partial charge in [0.15, 0.2) is 0 Å². The molecule has 0 radical (unpaired) electrons. The first kappa shape index (κ1) is 7.50. The SMILES string of the molecule is Cc1nccc2c(Cl)ccnc12. The molecule has 0 amide bonds. The molecule has 0 unspecified atom stereocenters. The van der Waals surface area contributed by atoms with Crippen molar-refractivity contribution in [3.8, 4) is 0 Å². The number of rotatable bonds is 0. The molecule has 0 aliphatic rings. The van der Waals surface area contributed by atoms with E-state index in [-0.39, 0.29) is 0 Å². The van der Waals surface area contributed by atoms with E-state index in [9.17, 15) is 0 Å². The number of hydrogen-bond donors (Lipinski definition) is 0. The lowest BCUT2D eigenvalue weighted by Crippen LogP contribution is -1.86. The lowest BCUT2D eigenvalue weighted by molar-refractivity contribution is 1.20. The Morgan fingerprint density at radius 1 is 1.17 bits per heavy atom. The monoisotopic (exact) mass is 178 g/mol. The zero-order valence-electron chi connectivity index (χ0n) is 6.58. The van der Waals surface area contributed by atoms with Crippen LogP contribution in [0.2, 0.25) is 5.02 Å². The van der Waals surface area contributed by atoms with Crippen LogP contribution in [0.1, 0.15) is 5.69 Å². The maximum Gasteiger partial charge on any atom is 0.0929 e. The third-order valence-electron chi connectivity index (χ3n) is 1.79. The Labute approximate surface area is 75.2 Å². The van der Waals surface area contributed by atoms with Gasteiger partial charge in [0.2, 0.25) is 0 Å². The van der Waals surface area contributed by atoms with Crippen molar-refractivity contribution in [1.82, 2.24) is 9.97 Å². The van der Waals surface area contributed by atoms with Gasteiger partial charge >= 0.3 is 0 Å². The molecule has 2 heterocycles. The molecule has 2 nitrogen and oxygen atoms in total. The lowest BCUT2D eigenvalue weighted by atomic mass is 10.2. The molecular formula is C9H7ClN2. The molecule has 0 N–H and O–H groups in total. The summed E-state index contributed by atoms with van der Waals surface area (Å²) in [5, 5.41) is 1.69. The summed E-state index contributed by atoms with van der Waals surface area (Å²) in [6.45, 7) is 1.92. The van der Waals surface area contributed by atoms with Gasteiger partial charge < -0.3 is 0 Å². The average molecular weight is 179 g/mol. The molecule has 3 heteroatoms. The molecule has 12 heavy (non-hydrogen) atoms. The summed E-state index contributed by atoms with van der Waals surface area (Å²) in [5.41, 5.74) is 1.79. The van der Waals surface area contributed by atoms with Gasteiger partial charge in [-0.2, -0.15) is 0 Å². The molecule has 0 aliphatic carbocycles. The van der Waals surface area contributed by atoms with Crippen molar-refractivity contribution in [1.29, 1.82) is 0 Å². The van der Waals surface area contributed by atoms with Crippen LogP contribution in [0.15, 0.2) is 24.5 Å². The largest absolute Gasteiger partial charge is 0.259 e. The third-order valence-corrected chi connectivity index (χ3v) is 2.12. The van der Waals surface area contributed by atoms with E-state index in [0.29, 0.717) is 0 Å². The van der Waals surface area contributed by atoms with Crippen LogP contribution in [0.5, 0.6) is 0 Å². The minimum absolute atomic E-state index is 0.727. The Morgan fingerprint density at radius 2 is 1.92 bits per heavy atom. The Hall–Kier alpha value is -1.15. The topological polar surface area (TPSA) is 25.8 Å². The fourth-order valence-corrected chi connectivity index (χ4v) is 1.39. The van der Waals surface area contributed by atoms with Crippen molar-refractivity contribution in [2.45, 2.75) is 6.92 Å². The van der Waals surface area contributed by atoms with Crippen LogP contribution >= 0.6 is 11.6 Å². The van der Waals surface area contributed by atoms with Gasteiger partial charge in [-0.25, -0.2) is 0 Å². The van der Waals surface area contributed by atoms with E-state index in [0.717, 1.165) is 21.6 Å². The van der Waals surface area contributed by atoms with Crippen LogP contribution in [0, 0.1) is 6.92 Å². The number of pyridine rings is 2. The van der Waals surface area contributed by atoms with Crippen molar-refractivity contribution in [2.75, 3.05) is 0 Å². The molecule has 0 aliphatic heterocycles. The Kier molecular flexibility index (Phi) is 1.70. The van der Waals surface area contributed by atoms with E-state index in [1.165, 1.54) is 0 Å². The summed E-state index contributed by atoms with van der Waals surface area (Å²) in [7, 11) is 0. The first-order valence-corrected chi connectivity index (χ1v) is 4.02. The van der Waals surface area contributed by atoms with E-state index in [1.54, 1.807) is 18.5 Å². The smallest absolute Gasteiger partial charge is 0.0929 e. The number of halogens is 1. The predicted octanol–water partition coefficient (Wildman–Crippen LogP) is 2.59. The second-order valence-electron chi connectivity index (χ2n) is 2.59. The highest BCUT2D eigenvalue weighted by Gasteiger charge is 2.01. The lowest BCUT2D eigenvalue weighted by Gasteiger charge is -2.00. The summed E-state index contributed by atoms with van der Waals surface area (Å²) in [6.07, 6.45) is 3.44. The van der Waals surface area contributed by atoms with E-state index in [1.807, 2.05) is 13.0 Å². The van der Waals surface area contributed by atoms with E-state index in [2.05, 4.69) is 9.97 Å². The molecular weight excluding hydrogens is 172 g/mol. The zero-order valence-corrected chi connectivity index (χ0v) is 7.34. The molecule has 2 aromatic rings. The van der Waals surface area contributed by atoms with Crippen molar-refractivity contribution in [3.63, 3.8) is 0 Å². The van der Waals surface area contributed by atoms with Gasteiger partial charge in [0, 0.05) is 17.8 Å². The van der Waals surface area contributed by atoms with Crippen molar-refractivity contribution in [3.05, 3.63) is 35.2 Å². The van der Waals surface area contributed by atoms with Gasteiger partial charge in [-0.1, -0.05) is 11.6 Å². The van der Waals surface area contributed by atoms with Crippen LogP contribution < -0.4 is 0 Å². The van der Waals surface area contributed by atoms with Gasteiger partial charge in [-0.15, -0.1) is 0 Å². The van der Waals surface area contributed by atoms with Gasteiger partial charge in [-0.05, 0) is 19.1 Å². The molecule has 0 bridgehead atoms. The summed E-state index contributed by atoms with van der Waals surface area (Å²) >= 11 is 5.96. The van der Waals surface area contributed by atoms with Crippen molar-refractivity contribution < 1.29 is 0 Å². The summed E-state index contributed by atoms with van der Waals surface area (Å²) in [6, 6.07) is 3.65. The number of nitrogens with zero attached hydrogens (tertiary/aromatic N) is 2. The Balaban J connectivity index is 2.94. The van der Waals surface area contributed by atoms with Crippen LogP contribution in [-0.4, -0.2) is 9.97 Å². The van der Waals surface area contributed by atoms with Crippen molar-refractivity contribution >= 4 is 22.5 Å². The van der Waals surface area contributed by atoms with Crippen LogP contribution in [0.25, 0.3) is 10.9 Å². The van der Waals surface area contributed by atoms with Crippen LogP contribution in [-0.2, 0) is 0 Å².